The predicted molar refractivity (Wildman–Crippen MR) is 122 cm³/mol. The van der Waals surface area contributed by atoms with Crippen LogP contribution in [0, 0.1) is 12.8 Å². The van der Waals surface area contributed by atoms with Gasteiger partial charge in [-0.05, 0) is 43.4 Å². The van der Waals surface area contributed by atoms with E-state index < -0.39 is 10.0 Å². The Labute approximate surface area is 183 Å². The van der Waals surface area contributed by atoms with E-state index in [2.05, 4.69) is 10.00 Å². The molecule has 1 saturated carbocycles. The van der Waals surface area contributed by atoms with Crippen LogP contribution in [0.3, 0.4) is 0 Å². The molecule has 0 spiro atoms. The van der Waals surface area contributed by atoms with Crippen LogP contribution in [0.5, 0.6) is 0 Å². The normalized spacial score (nSPS) is 17.6. The van der Waals surface area contributed by atoms with E-state index in [-0.39, 0.29) is 0 Å². The van der Waals surface area contributed by atoms with Crippen LogP contribution in [0.4, 0.5) is 5.82 Å². The average Bonchev–Trinajstić information content (AvgIpc) is 3.42. The third-order valence-corrected chi connectivity index (χ3v) is 8.55. The smallest absolute Gasteiger partial charge is 0.246 e. The van der Waals surface area contributed by atoms with Crippen molar-refractivity contribution in [2.24, 2.45) is 5.92 Å². The van der Waals surface area contributed by atoms with Gasteiger partial charge in [0.2, 0.25) is 10.0 Å². The van der Waals surface area contributed by atoms with Crippen LogP contribution in [0.2, 0.25) is 0 Å². The van der Waals surface area contributed by atoms with Crippen molar-refractivity contribution >= 4 is 26.7 Å². The Bertz CT molecular complexity index is 1210. The second-order valence-corrected chi connectivity index (χ2v) is 10.9. The van der Waals surface area contributed by atoms with Crippen molar-refractivity contribution in [3.8, 4) is 0 Å². The van der Waals surface area contributed by atoms with Gasteiger partial charge in [0, 0.05) is 25.5 Å². The number of anilines is 1. The molecule has 3 heterocycles. The molecule has 0 amide bonds. The molecule has 0 radical (unpaired) electrons. The maximum absolute atomic E-state index is 13.7. The lowest BCUT2D eigenvalue weighted by atomic mass is 10.1. The van der Waals surface area contributed by atoms with Crippen LogP contribution in [0.25, 0.3) is 10.9 Å². The molecule has 8 heteroatoms. The summed E-state index contributed by atoms with van der Waals surface area (Å²) in [4.78, 5) is 7.25. The first-order valence-corrected chi connectivity index (χ1v) is 12.5. The van der Waals surface area contributed by atoms with Crippen molar-refractivity contribution in [2.75, 3.05) is 25.0 Å². The minimum absolute atomic E-state index is 0.303. The molecule has 164 valence electrons. The van der Waals surface area contributed by atoms with Gasteiger partial charge < -0.3 is 4.90 Å². The Morgan fingerprint density at radius 1 is 1.16 bits per heavy atom. The summed E-state index contributed by atoms with van der Waals surface area (Å²) in [5.41, 5.74) is 3.04. The molecule has 0 bridgehead atoms. The summed E-state index contributed by atoms with van der Waals surface area (Å²) in [6.45, 7) is 4.61. The van der Waals surface area contributed by atoms with Gasteiger partial charge in [-0.2, -0.15) is 5.10 Å². The van der Waals surface area contributed by atoms with E-state index >= 15 is 0 Å². The number of benzene rings is 1. The van der Waals surface area contributed by atoms with E-state index in [1.165, 1.54) is 17.1 Å². The Hall–Kier alpha value is -2.45. The first kappa shape index (κ1) is 20.5. The molecule has 1 aliphatic heterocycles. The minimum atomic E-state index is -3.67. The molecule has 2 aliphatic rings. The summed E-state index contributed by atoms with van der Waals surface area (Å²) < 4.78 is 31.0. The van der Waals surface area contributed by atoms with Crippen LogP contribution >= 0.6 is 0 Å². The van der Waals surface area contributed by atoms with E-state index in [0.717, 1.165) is 41.5 Å². The number of aryl methyl sites for hydroxylation is 1. The van der Waals surface area contributed by atoms with Gasteiger partial charge in [0.25, 0.3) is 0 Å². The average molecular weight is 440 g/mol. The van der Waals surface area contributed by atoms with Crippen molar-refractivity contribution in [3.63, 3.8) is 0 Å². The Balaban J connectivity index is 1.57. The number of pyridine rings is 1. The first-order chi connectivity index (χ1) is 14.9. The number of sulfonamides is 1. The van der Waals surface area contributed by atoms with E-state index in [1.807, 2.05) is 42.1 Å². The van der Waals surface area contributed by atoms with E-state index in [0.29, 0.717) is 36.3 Å². The molecule has 7 nitrogen and oxygen atoms in total. The summed E-state index contributed by atoms with van der Waals surface area (Å²) >= 11 is 0. The fourth-order valence-electron chi connectivity index (χ4n) is 4.88. The number of para-hydroxylation sites is 1. The lowest BCUT2D eigenvalue weighted by Gasteiger charge is -2.31. The molecule has 1 aliphatic carbocycles. The highest BCUT2D eigenvalue weighted by atomic mass is 32.2. The van der Waals surface area contributed by atoms with Gasteiger partial charge in [-0.3, -0.25) is 4.68 Å². The fourth-order valence-corrected chi connectivity index (χ4v) is 6.31. The second kappa shape index (κ2) is 7.91. The third kappa shape index (κ3) is 3.72. The van der Waals surface area contributed by atoms with Crippen LogP contribution < -0.4 is 4.90 Å². The maximum Gasteiger partial charge on any atom is 0.246 e. The molecular formula is C23H29N5O2S. The molecular weight excluding hydrogens is 410 g/mol. The number of hydrogen-bond acceptors (Lipinski definition) is 5. The minimum Gasteiger partial charge on any atom is -0.348 e. The van der Waals surface area contributed by atoms with E-state index in [1.54, 1.807) is 13.1 Å². The highest BCUT2D eigenvalue weighted by Crippen LogP contribution is 2.33. The largest absolute Gasteiger partial charge is 0.348 e. The number of aromatic nitrogens is 3. The van der Waals surface area contributed by atoms with Gasteiger partial charge in [0.15, 0.2) is 0 Å². The number of rotatable bonds is 5. The van der Waals surface area contributed by atoms with Gasteiger partial charge in [0.05, 0.1) is 30.5 Å². The first-order valence-electron chi connectivity index (χ1n) is 11.1. The standard InChI is InChI=1S/C23H29N5O2S/c1-17-14-24-28-12-11-27(16-21(17)28)23-22(13-19-9-5-6-10-20(19)25-23)31(29,30)26(2)15-18-7-3-4-8-18/h5-6,9-10,13-14,18H,3-4,7-8,11-12,15-16H2,1-2H3. The third-order valence-electron chi connectivity index (χ3n) is 6.73. The van der Waals surface area contributed by atoms with Gasteiger partial charge in [-0.25, -0.2) is 17.7 Å². The molecule has 0 N–H and O–H groups in total. The molecule has 1 fully saturated rings. The zero-order valence-corrected chi connectivity index (χ0v) is 19.0. The van der Waals surface area contributed by atoms with Crippen LogP contribution in [-0.4, -0.2) is 47.6 Å². The lowest BCUT2D eigenvalue weighted by Crippen LogP contribution is -2.37. The predicted octanol–water partition coefficient (Wildman–Crippen LogP) is 3.57. The monoisotopic (exact) mass is 439 g/mol. The molecule has 31 heavy (non-hydrogen) atoms. The highest BCUT2D eigenvalue weighted by Gasteiger charge is 2.32. The van der Waals surface area contributed by atoms with Crippen LogP contribution in [-0.2, 0) is 23.1 Å². The second-order valence-electron chi connectivity index (χ2n) is 8.86. The molecule has 3 aromatic rings. The fraction of sp³-hybridized carbons (Fsp3) is 0.478. The molecule has 0 saturated heterocycles. The Kier molecular flexibility index (Phi) is 5.22. The Morgan fingerprint density at radius 3 is 2.74 bits per heavy atom. The van der Waals surface area contributed by atoms with Gasteiger partial charge in [-0.1, -0.05) is 31.0 Å². The summed E-state index contributed by atoms with van der Waals surface area (Å²) in [5, 5.41) is 5.28. The Morgan fingerprint density at radius 2 is 1.94 bits per heavy atom. The van der Waals surface area contributed by atoms with Crippen molar-refractivity contribution in [1.82, 2.24) is 19.1 Å². The molecule has 5 rings (SSSR count). The molecule has 2 aromatic heterocycles. The number of hydrogen-bond donors (Lipinski definition) is 0. The zero-order chi connectivity index (χ0) is 21.6. The van der Waals surface area contributed by atoms with Crippen LogP contribution in [0.15, 0.2) is 41.4 Å². The van der Waals surface area contributed by atoms with E-state index in [9.17, 15) is 8.42 Å². The van der Waals surface area contributed by atoms with Crippen LogP contribution in [0.1, 0.15) is 36.9 Å². The topological polar surface area (TPSA) is 71.3 Å². The summed E-state index contributed by atoms with van der Waals surface area (Å²) in [5.74, 6) is 0.993. The summed E-state index contributed by atoms with van der Waals surface area (Å²) in [6, 6.07) is 9.53. The number of fused-ring (bicyclic) bond motifs is 2. The van der Waals surface area contributed by atoms with Crippen molar-refractivity contribution < 1.29 is 8.42 Å². The van der Waals surface area contributed by atoms with Gasteiger partial charge in [0.1, 0.15) is 10.7 Å². The SMILES string of the molecule is Cc1cnn2c1CN(c1nc3ccccc3cc1S(=O)(=O)N(C)CC1CCCC1)CC2. The summed E-state index contributed by atoms with van der Waals surface area (Å²) in [6.07, 6.45) is 6.49. The zero-order valence-electron chi connectivity index (χ0n) is 18.2. The molecule has 0 unspecified atom stereocenters. The molecule has 1 aromatic carbocycles. The number of nitrogens with zero attached hydrogens (tertiary/aromatic N) is 5. The lowest BCUT2D eigenvalue weighted by molar-refractivity contribution is 0.387. The molecule has 0 atom stereocenters. The highest BCUT2D eigenvalue weighted by molar-refractivity contribution is 7.89. The van der Waals surface area contributed by atoms with Gasteiger partial charge in [-0.15, -0.1) is 0 Å². The van der Waals surface area contributed by atoms with E-state index in [4.69, 9.17) is 4.98 Å². The van der Waals surface area contributed by atoms with Gasteiger partial charge >= 0.3 is 0 Å². The van der Waals surface area contributed by atoms with Crippen molar-refractivity contribution in [3.05, 3.63) is 47.8 Å². The summed E-state index contributed by atoms with van der Waals surface area (Å²) in [7, 11) is -1.95. The quantitative estimate of drug-likeness (QED) is 0.608. The van der Waals surface area contributed by atoms with Crippen molar-refractivity contribution in [1.29, 1.82) is 0 Å². The van der Waals surface area contributed by atoms with Crippen molar-refractivity contribution in [2.45, 2.75) is 50.6 Å². The maximum atomic E-state index is 13.7.